The van der Waals surface area contributed by atoms with Crippen molar-refractivity contribution in [1.29, 1.82) is 0 Å². The third kappa shape index (κ3) is 64.6. The van der Waals surface area contributed by atoms with Gasteiger partial charge >= 0.3 is 17.9 Å². The molecule has 0 aromatic heterocycles. The van der Waals surface area contributed by atoms with Crippen LogP contribution in [0.5, 0.6) is 0 Å². The van der Waals surface area contributed by atoms with Gasteiger partial charge in [0.05, 0.1) is 0 Å². The van der Waals surface area contributed by atoms with E-state index in [2.05, 4.69) is 142 Å². The largest absolute Gasteiger partial charge is 0.462 e. The Morgan fingerprint density at radius 1 is 0.263 bits per heavy atom. The topological polar surface area (TPSA) is 78.9 Å². The number of hydrogen-bond acceptors (Lipinski definition) is 6. The molecule has 456 valence electrons. The van der Waals surface area contributed by atoms with Crippen molar-refractivity contribution in [2.24, 2.45) is 0 Å². The van der Waals surface area contributed by atoms with Crippen molar-refractivity contribution in [3.8, 4) is 0 Å². The van der Waals surface area contributed by atoms with E-state index in [0.29, 0.717) is 19.3 Å². The van der Waals surface area contributed by atoms with Crippen LogP contribution in [0.1, 0.15) is 310 Å². The average Bonchev–Trinajstić information content (AvgIpc) is 3.46. The summed E-state index contributed by atoms with van der Waals surface area (Å²) in [6, 6.07) is 0. The van der Waals surface area contributed by atoms with E-state index in [9.17, 15) is 14.4 Å². The third-order valence-corrected chi connectivity index (χ3v) is 14.2. The van der Waals surface area contributed by atoms with Crippen LogP contribution in [0, 0.1) is 0 Å². The highest BCUT2D eigenvalue weighted by atomic mass is 16.6. The van der Waals surface area contributed by atoms with Gasteiger partial charge in [0.1, 0.15) is 13.2 Å². The Balaban J connectivity index is 4.44. The molecule has 0 saturated heterocycles. The van der Waals surface area contributed by atoms with Crippen molar-refractivity contribution >= 4 is 17.9 Å². The van der Waals surface area contributed by atoms with Gasteiger partial charge in [0.15, 0.2) is 6.10 Å². The van der Waals surface area contributed by atoms with Gasteiger partial charge in [-0.05, 0) is 135 Å². The van der Waals surface area contributed by atoms with E-state index in [-0.39, 0.29) is 31.1 Å². The van der Waals surface area contributed by atoms with Gasteiger partial charge in [-0.3, -0.25) is 14.4 Å². The van der Waals surface area contributed by atoms with E-state index >= 15 is 0 Å². The molecule has 6 nitrogen and oxygen atoms in total. The second kappa shape index (κ2) is 67.3. The molecule has 0 aromatic rings. The van der Waals surface area contributed by atoms with Gasteiger partial charge in [0, 0.05) is 19.3 Å². The number of rotatable bonds is 60. The molecule has 0 rings (SSSR count). The predicted octanol–water partition coefficient (Wildman–Crippen LogP) is 23.2. The zero-order chi connectivity index (χ0) is 57.8. The Labute approximate surface area is 494 Å². The Kier molecular flexibility index (Phi) is 63.8. The van der Waals surface area contributed by atoms with Crippen molar-refractivity contribution in [2.45, 2.75) is 316 Å². The molecule has 0 aromatic carbocycles. The molecule has 0 fully saturated rings. The molecule has 0 saturated carbocycles. The van der Waals surface area contributed by atoms with E-state index in [1.807, 2.05) is 0 Å². The van der Waals surface area contributed by atoms with Crippen LogP contribution in [0.4, 0.5) is 0 Å². The summed E-state index contributed by atoms with van der Waals surface area (Å²) in [7, 11) is 0. The SMILES string of the molecule is CC/C=C\C/C=C\C/C=C\C/C=C\C/C=C\C/C=C\CCCCCCCCC(=O)OCC(COC(=O)CCCCCCCCC/C=C\C/C=C\CCCCCC)OC(=O)CCCCCCCCCCC/C=C\C/C=C\CCCCC. The monoisotopic (exact) mass is 1110 g/mol. The first-order valence-electron chi connectivity index (χ1n) is 33.5. The predicted molar refractivity (Wildman–Crippen MR) is 348 cm³/mol. The summed E-state index contributed by atoms with van der Waals surface area (Å²) in [5.74, 6) is -0.909. The summed E-state index contributed by atoms with van der Waals surface area (Å²) in [6.07, 6.45) is 93.4. The molecule has 0 amide bonds. The molecule has 0 N–H and O–H groups in total. The van der Waals surface area contributed by atoms with Gasteiger partial charge in [0.2, 0.25) is 0 Å². The molecule has 0 radical (unpaired) electrons. The van der Waals surface area contributed by atoms with Crippen molar-refractivity contribution in [1.82, 2.24) is 0 Å². The summed E-state index contributed by atoms with van der Waals surface area (Å²) >= 11 is 0. The van der Waals surface area contributed by atoms with E-state index in [4.69, 9.17) is 14.2 Å². The summed E-state index contributed by atoms with van der Waals surface area (Å²) in [5, 5.41) is 0. The number of allylic oxidation sites excluding steroid dienone is 20. The van der Waals surface area contributed by atoms with Crippen molar-refractivity contribution < 1.29 is 28.6 Å². The Morgan fingerprint density at radius 3 is 0.787 bits per heavy atom. The van der Waals surface area contributed by atoms with Gasteiger partial charge in [-0.1, -0.05) is 277 Å². The summed E-state index contributed by atoms with van der Waals surface area (Å²) < 4.78 is 17.0. The lowest BCUT2D eigenvalue weighted by molar-refractivity contribution is -0.167. The van der Waals surface area contributed by atoms with E-state index in [1.54, 1.807) is 0 Å². The van der Waals surface area contributed by atoms with E-state index < -0.39 is 6.10 Å². The quantitative estimate of drug-likeness (QED) is 0.0261. The Hall–Kier alpha value is -4.19. The minimum atomic E-state index is -0.796. The minimum absolute atomic E-state index is 0.0902. The first kappa shape index (κ1) is 75.8. The van der Waals surface area contributed by atoms with Crippen LogP contribution in [0.2, 0.25) is 0 Å². The van der Waals surface area contributed by atoms with Crippen LogP contribution in [0.25, 0.3) is 0 Å². The minimum Gasteiger partial charge on any atom is -0.462 e. The zero-order valence-corrected chi connectivity index (χ0v) is 52.3. The highest BCUT2D eigenvalue weighted by molar-refractivity contribution is 5.71. The molecular weight excluding hydrogens is 985 g/mol. The Bertz CT molecular complexity index is 1650. The maximum atomic E-state index is 12.9. The standard InChI is InChI=1S/C74H124O6/c1-4-7-10-13-16-19-22-25-28-31-34-35-36-37-38-39-41-43-46-49-52-55-58-61-64-67-73(76)79-70-71(69-78-72(75)66-63-60-57-54-51-48-45-42-33-30-27-24-21-18-15-12-9-6-3)80-74(77)68-65-62-59-56-53-50-47-44-40-32-29-26-23-20-17-14-11-8-5-2/h7,10,16-17,19-21,24-26,28-30,33-35,37-38,41,43,71H,4-6,8-9,11-15,18,22-23,27,31-32,36,39-40,42,44-70H2,1-3H3/b10-7-,19-16-,20-17-,24-21-,28-25-,29-26-,33-30-,35-34-,38-37-,43-41-. The summed E-state index contributed by atoms with van der Waals surface area (Å²) in [6.45, 7) is 6.49. The second-order valence-corrected chi connectivity index (χ2v) is 22.0. The number of carbonyl (C=O) groups excluding carboxylic acids is 3. The molecule has 0 aliphatic carbocycles. The molecule has 0 aliphatic rings. The normalized spacial score (nSPS) is 12.9. The molecule has 0 spiro atoms. The van der Waals surface area contributed by atoms with Crippen molar-refractivity contribution in [2.75, 3.05) is 13.2 Å². The van der Waals surface area contributed by atoms with Crippen LogP contribution in [-0.2, 0) is 28.6 Å². The van der Waals surface area contributed by atoms with Gasteiger partial charge in [-0.15, -0.1) is 0 Å². The molecule has 0 aliphatic heterocycles. The maximum absolute atomic E-state index is 12.9. The zero-order valence-electron chi connectivity index (χ0n) is 52.3. The number of ether oxygens (including phenoxy) is 3. The lowest BCUT2D eigenvalue weighted by Crippen LogP contribution is -2.30. The molecule has 80 heavy (non-hydrogen) atoms. The molecule has 6 heteroatoms. The summed E-state index contributed by atoms with van der Waals surface area (Å²) in [5.41, 5.74) is 0. The van der Waals surface area contributed by atoms with Crippen LogP contribution in [-0.4, -0.2) is 37.2 Å². The van der Waals surface area contributed by atoms with Crippen LogP contribution >= 0.6 is 0 Å². The third-order valence-electron chi connectivity index (χ3n) is 14.2. The fraction of sp³-hybridized carbons (Fsp3) is 0.689. The first-order valence-corrected chi connectivity index (χ1v) is 33.5. The van der Waals surface area contributed by atoms with Gasteiger partial charge in [-0.2, -0.15) is 0 Å². The van der Waals surface area contributed by atoms with E-state index in [0.717, 1.165) is 128 Å². The molecule has 1 unspecified atom stereocenters. The van der Waals surface area contributed by atoms with Crippen molar-refractivity contribution in [3.05, 3.63) is 122 Å². The lowest BCUT2D eigenvalue weighted by atomic mass is 10.1. The molecule has 0 bridgehead atoms. The maximum Gasteiger partial charge on any atom is 0.306 e. The fourth-order valence-corrected chi connectivity index (χ4v) is 9.15. The smallest absolute Gasteiger partial charge is 0.306 e. The molecular formula is C74H124O6. The van der Waals surface area contributed by atoms with Gasteiger partial charge in [0.25, 0.3) is 0 Å². The second-order valence-electron chi connectivity index (χ2n) is 22.0. The van der Waals surface area contributed by atoms with Gasteiger partial charge in [-0.25, -0.2) is 0 Å². The number of unbranched alkanes of at least 4 members (excludes halogenated alkanes) is 29. The number of esters is 3. The lowest BCUT2D eigenvalue weighted by Gasteiger charge is -2.18. The van der Waals surface area contributed by atoms with Crippen LogP contribution < -0.4 is 0 Å². The van der Waals surface area contributed by atoms with Crippen LogP contribution in [0.15, 0.2) is 122 Å². The fourth-order valence-electron chi connectivity index (χ4n) is 9.15. The number of carbonyl (C=O) groups is 3. The Morgan fingerprint density at radius 2 is 0.487 bits per heavy atom. The van der Waals surface area contributed by atoms with Crippen LogP contribution in [0.3, 0.4) is 0 Å². The first-order chi connectivity index (χ1) is 39.5. The summed E-state index contributed by atoms with van der Waals surface area (Å²) in [4.78, 5) is 38.4. The highest BCUT2D eigenvalue weighted by Gasteiger charge is 2.19. The van der Waals surface area contributed by atoms with Crippen molar-refractivity contribution in [3.63, 3.8) is 0 Å². The molecule has 1 atom stereocenters. The van der Waals surface area contributed by atoms with E-state index in [1.165, 1.54) is 141 Å². The average molecular weight is 1110 g/mol. The highest BCUT2D eigenvalue weighted by Crippen LogP contribution is 2.16. The van der Waals surface area contributed by atoms with Gasteiger partial charge < -0.3 is 14.2 Å². The molecule has 0 heterocycles. The number of hydrogen-bond donors (Lipinski definition) is 0.